The molecule has 2 unspecified atom stereocenters. The van der Waals surface area contributed by atoms with Gasteiger partial charge in [-0.05, 0) is 59.0 Å². The number of carbonyl (C=O) groups excluding carboxylic acids is 1. The second-order valence-corrected chi connectivity index (χ2v) is 6.06. The Morgan fingerprint density at radius 3 is 2.61 bits per heavy atom. The summed E-state index contributed by atoms with van der Waals surface area (Å²) in [4.78, 5) is 14.0. The van der Waals surface area contributed by atoms with Crippen molar-refractivity contribution in [1.82, 2.24) is 10.2 Å². The number of nitrogens with one attached hydrogen (secondary N) is 1. The predicted molar refractivity (Wildman–Crippen MR) is 75.3 cm³/mol. The molecule has 1 aliphatic rings. The fourth-order valence-electron chi connectivity index (χ4n) is 2.30. The summed E-state index contributed by atoms with van der Waals surface area (Å²) in [6, 6.07) is 0.368. The molecule has 4 nitrogen and oxygen atoms in total. The lowest BCUT2D eigenvalue weighted by Gasteiger charge is -2.34. The molecule has 1 aliphatic carbocycles. The first-order valence-electron chi connectivity index (χ1n) is 7.14. The van der Waals surface area contributed by atoms with Crippen LogP contribution < -0.4 is 11.1 Å². The molecular formula is C14H29N3O. The van der Waals surface area contributed by atoms with Gasteiger partial charge in [-0.15, -0.1) is 0 Å². The van der Waals surface area contributed by atoms with Gasteiger partial charge in [0.15, 0.2) is 0 Å². The monoisotopic (exact) mass is 255 g/mol. The Balaban J connectivity index is 2.49. The number of primary amides is 1. The Hall–Kier alpha value is -0.610. The maximum atomic E-state index is 11.7. The van der Waals surface area contributed by atoms with Gasteiger partial charge in [0, 0.05) is 12.6 Å². The lowest BCUT2D eigenvalue weighted by Crippen LogP contribution is -2.56. The summed E-state index contributed by atoms with van der Waals surface area (Å²) in [5.41, 5.74) is 4.96. The number of amides is 1. The molecule has 3 N–H and O–H groups in total. The fourth-order valence-corrected chi connectivity index (χ4v) is 2.30. The fraction of sp³-hybridized carbons (Fsp3) is 0.929. The lowest BCUT2D eigenvalue weighted by molar-refractivity contribution is -0.124. The summed E-state index contributed by atoms with van der Waals surface area (Å²) in [6.07, 6.45) is 4.50. The van der Waals surface area contributed by atoms with Crippen LogP contribution in [0.25, 0.3) is 0 Å². The Labute approximate surface area is 111 Å². The van der Waals surface area contributed by atoms with E-state index in [1.807, 2.05) is 6.92 Å². The zero-order valence-corrected chi connectivity index (χ0v) is 12.3. The first-order chi connectivity index (χ1) is 8.39. The number of hydrogen-bond acceptors (Lipinski definition) is 3. The van der Waals surface area contributed by atoms with Gasteiger partial charge >= 0.3 is 0 Å². The van der Waals surface area contributed by atoms with Crippen molar-refractivity contribution >= 4 is 5.91 Å². The van der Waals surface area contributed by atoms with Crippen LogP contribution in [0.3, 0.4) is 0 Å². The highest BCUT2D eigenvalue weighted by molar-refractivity contribution is 5.84. The van der Waals surface area contributed by atoms with E-state index in [2.05, 4.69) is 31.1 Å². The number of nitrogens with zero attached hydrogens (tertiary/aromatic N) is 1. The smallest absolute Gasteiger partial charge is 0.237 e. The molecule has 0 aromatic heterocycles. The molecule has 1 saturated carbocycles. The van der Waals surface area contributed by atoms with Crippen molar-refractivity contribution in [2.45, 2.75) is 58.0 Å². The van der Waals surface area contributed by atoms with Crippen LogP contribution in [0.4, 0.5) is 0 Å². The number of nitrogens with two attached hydrogens (primary N) is 1. The van der Waals surface area contributed by atoms with Crippen molar-refractivity contribution in [3.05, 3.63) is 0 Å². The van der Waals surface area contributed by atoms with E-state index in [9.17, 15) is 4.79 Å². The average molecular weight is 255 g/mol. The van der Waals surface area contributed by atoms with Crippen molar-refractivity contribution in [3.63, 3.8) is 0 Å². The third-order valence-corrected chi connectivity index (χ3v) is 4.01. The van der Waals surface area contributed by atoms with Gasteiger partial charge in [0.1, 0.15) is 0 Å². The van der Waals surface area contributed by atoms with Gasteiger partial charge in [-0.1, -0.05) is 6.92 Å². The van der Waals surface area contributed by atoms with E-state index in [1.165, 1.54) is 12.8 Å². The van der Waals surface area contributed by atoms with Gasteiger partial charge < -0.3 is 16.0 Å². The Kier molecular flexibility index (Phi) is 5.60. The van der Waals surface area contributed by atoms with Crippen LogP contribution in [-0.4, -0.2) is 42.5 Å². The Bertz CT molecular complexity index is 278. The molecule has 2 atom stereocenters. The van der Waals surface area contributed by atoms with Crippen molar-refractivity contribution in [2.24, 2.45) is 11.7 Å². The van der Waals surface area contributed by atoms with Crippen molar-refractivity contribution in [3.8, 4) is 0 Å². The van der Waals surface area contributed by atoms with E-state index >= 15 is 0 Å². The van der Waals surface area contributed by atoms with Crippen LogP contribution in [0.5, 0.6) is 0 Å². The summed E-state index contributed by atoms with van der Waals surface area (Å²) in [5, 5.41) is 3.30. The summed E-state index contributed by atoms with van der Waals surface area (Å²) < 4.78 is 0. The molecule has 4 heteroatoms. The van der Waals surface area contributed by atoms with E-state index in [0.29, 0.717) is 6.04 Å². The topological polar surface area (TPSA) is 58.4 Å². The minimum Gasteiger partial charge on any atom is -0.368 e. The molecular weight excluding hydrogens is 226 g/mol. The Morgan fingerprint density at radius 2 is 2.17 bits per heavy atom. The van der Waals surface area contributed by atoms with E-state index in [4.69, 9.17) is 5.73 Å². The maximum Gasteiger partial charge on any atom is 0.237 e. The third-order valence-electron chi connectivity index (χ3n) is 4.01. The standard InChI is InChI=1S/C14H29N3O/c1-5-8-16-14(3,13(15)18)9-11(2)17(4)10-12-6-7-12/h11-12,16H,5-10H2,1-4H3,(H2,15,18). The highest BCUT2D eigenvalue weighted by Crippen LogP contribution is 2.30. The van der Waals surface area contributed by atoms with Gasteiger partial charge in [-0.3, -0.25) is 4.79 Å². The van der Waals surface area contributed by atoms with Crippen LogP contribution in [0.1, 0.15) is 46.5 Å². The van der Waals surface area contributed by atoms with Gasteiger partial charge in [0.05, 0.1) is 5.54 Å². The van der Waals surface area contributed by atoms with Crippen LogP contribution in [0, 0.1) is 5.92 Å². The zero-order valence-electron chi connectivity index (χ0n) is 12.3. The zero-order chi connectivity index (χ0) is 13.8. The summed E-state index contributed by atoms with van der Waals surface area (Å²) >= 11 is 0. The van der Waals surface area contributed by atoms with Crippen LogP contribution in [0.2, 0.25) is 0 Å². The molecule has 1 fully saturated rings. The van der Waals surface area contributed by atoms with Crippen LogP contribution >= 0.6 is 0 Å². The highest BCUT2D eigenvalue weighted by atomic mass is 16.1. The molecule has 0 heterocycles. The SMILES string of the molecule is CCCNC(C)(CC(C)N(C)CC1CC1)C(N)=O. The lowest BCUT2D eigenvalue weighted by atomic mass is 9.92. The summed E-state index contributed by atoms with van der Waals surface area (Å²) in [7, 11) is 2.14. The summed E-state index contributed by atoms with van der Waals surface area (Å²) in [5.74, 6) is 0.628. The molecule has 0 bridgehead atoms. The highest BCUT2D eigenvalue weighted by Gasteiger charge is 2.34. The number of hydrogen-bond donors (Lipinski definition) is 2. The van der Waals surface area contributed by atoms with Crippen LogP contribution in [0.15, 0.2) is 0 Å². The maximum absolute atomic E-state index is 11.7. The van der Waals surface area contributed by atoms with Gasteiger partial charge in [-0.2, -0.15) is 0 Å². The molecule has 0 saturated heterocycles. The van der Waals surface area contributed by atoms with E-state index in [-0.39, 0.29) is 5.91 Å². The third kappa shape index (κ3) is 4.58. The van der Waals surface area contributed by atoms with Gasteiger partial charge in [0.25, 0.3) is 0 Å². The Morgan fingerprint density at radius 1 is 1.56 bits per heavy atom. The molecule has 0 radical (unpaired) electrons. The molecule has 106 valence electrons. The largest absolute Gasteiger partial charge is 0.368 e. The molecule has 1 amide bonds. The minimum atomic E-state index is -0.590. The normalized spacial score (nSPS) is 20.7. The van der Waals surface area contributed by atoms with E-state index in [1.54, 1.807) is 0 Å². The molecule has 0 aromatic carbocycles. The van der Waals surface area contributed by atoms with Gasteiger partial charge in [-0.25, -0.2) is 0 Å². The molecule has 0 aliphatic heterocycles. The summed E-state index contributed by atoms with van der Waals surface area (Å²) in [6.45, 7) is 8.17. The predicted octanol–water partition coefficient (Wildman–Crippen LogP) is 1.35. The molecule has 0 spiro atoms. The number of rotatable bonds is 9. The van der Waals surface area contributed by atoms with E-state index in [0.717, 1.165) is 31.8 Å². The first-order valence-corrected chi connectivity index (χ1v) is 7.14. The second-order valence-electron chi connectivity index (χ2n) is 6.06. The first kappa shape index (κ1) is 15.4. The van der Waals surface area contributed by atoms with Crippen molar-refractivity contribution in [2.75, 3.05) is 20.1 Å². The van der Waals surface area contributed by atoms with Crippen LogP contribution in [-0.2, 0) is 4.79 Å². The van der Waals surface area contributed by atoms with Gasteiger partial charge in [0.2, 0.25) is 5.91 Å². The molecule has 18 heavy (non-hydrogen) atoms. The minimum absolute atomic E-state index is 0.248. The average Bonchev–Trinajstić information content (AvgIpc) is 3.09. The number of carbonyl (C=O) groups is 1. The quantitative estimate of drug-likeness (QED) is 0.654. The van der Waals surface area contributed by atoms with Crippen molar-refractivity contribution < 1.29 is 4.79 Å². The van der Waals surface area contributed by atoms with E-state index < -0.39 is 5.54 Å². The van der Waals surface area contributed by atoms with Crippen molar-refractivity contribution in [1.29, 1.82) is 0 Å². The molecule has 0 aromatic rings. The molecule has 1 rings (SSSR count). The second kappa shape index (κ2) is 6.53.